The number of nitrogens with zero attached hydrogens (tertiary/aromatic N) is 5. The number of anilines is 1. The van der Waals surface area contributed by atoms with Crippen LogP contribution in [0.4, 0.5) is 5.69 Å². The molecular formula is C22H27N5. The van der Waals surface area contributed by atoms with E-state index in [1.165, 1.54) is 35.4 Å². The molecule has 140 valence electrons. The highest BCUT2D eigenvalue weighted by molar-refractivity contribution is 5.92. The summed E-state index contributed by atoms with van der Waals surface area (Å²) in [6.07, 6.45) is 8.96. The van der Waals surface area contributed by atoms with Gasteiger partial charge in [-0.15, -0.1) is 10.2 Å². The van der Waals surface area contributed by atoms with E-state index in [9.17, 15) is 0 Å². The topological polar surface area (TPSA) is 46.8 Å². The summed E-state index contributed by atoms with van der Waals surface area (Å²) in [5.74, 6) is 1.75. The molecule has 0 atom stereocenters. The fourth-order valence-corrected chi connectivity index (χ4v) is 4.41. The molecule has 0 bridgehead atoms. The van der Waals surface area contributed by atoms with Crippen LogP contribution >= 0.6 is 0 Å². The molecule has 2 aromatic heterocycles. The monoisotopic (exact) mass is 361 g/mol. The van der Waals surface area contributed by atoms with Crippen molar-refractivity contribution < 1.29 is 0 Å². The third kappa shape index (κ3) is 3.20. The van der Waals surface area contributed by atoms with Crippen LogP contribution in [0.25, 0.3) is 10.9 Å². The molecule has 1 saturated carbocycles. The van der Waals surface area contributed by atoms with Crippen LogP contribution in [0.3, 0.4) is 0 Å². The minimum Gasteiger partial charge on any atom is -0.371 e. The number of rotatable bonds is 5. The Morgan fingerprint density at radius 2 is 1.89 bits per heavy atom. The maximum atomic E-state index is 4.87. The molecule has 3 aromatic rings. The Hall–Kier alpha value is -2.43. The Bertz CT molecular complexity index is 935. The summed E-state index contributed by atoms with van der Waals surface area (Å²) in [6.45, 7) is 4.36. The van der Waals surface area contributed by atoms with Crippen molar-refractivity contribution in [3.05, 3.63) is 48.2 Å². The predicted octanol–water partition coefficient (Wildman–Crippen LogP) is 4.50. The van der Waals surface area contributed by atoms with Crippen LogP contribution in [0.5, 0.6) is 0 Å². The largest absolute Gasteiger partial charge is 0.371 e. The van der Waals surface area contributed by atoms with Gasteiger partial charge in [-0.1, -0.05) is 31.5 Å². The number of hydrogen-bond acceptors (Lipinski definition) is 4. The summed E-state index contributed by atoms with van der Waals surface area (Å²) in [7, 11) is 0. The molecule has 2 aliphatic rings. The molecule has 5 heteroatoms. The summed E-state index contributed by atoms with van der Waals surface area (Å²) in [4.78, 5) is 7.42. The number of aryl methyl sites for hydroxylation is 1. The Morgan fingerprint density at radius 1 is 1.07 bits per heavy atom. The molecule has 0 amide bonds. The third-order valence-corrected chi connectivity index (χ3v) is 6.00. The standard InChI is InChI=1S/C22H27N5/c1-2-5-17-14-21(19-6-3-4-7-20(19)24-17)26-12-10-16(11-13-26)22-25-23-15-27(22)18-8-9-18/h3-4,6-7,14-16,18H,2,5,8-13H2,1H3. The van der Waals surface area contributed by atoms with Crippen molar-refractivity contribution in [2.75, 3.05) is 18.0 Å². The second kappa shape index (κ2) is 6.95. The van der Waals surface area contributed by atoms with Gasteiger partial charge in [0.1, 0.15) is 12.2 Å². The summed E-state index contributed by atoms with van der Waals surface area (Å²) in [5, 5.41) is 9.95. The zero-order chi connectivity index (χ0) is 18.2. The zero-order valence-corrected chi connectivity index (χ0v) is 16.0. The molecule has 0 N–H and O–H groups in total. The van der Waals surface area contributed by atoms with E-state index in [-0.39, 0.29) is 0 Å². The SMILES string of the molecule is CCCc1cc(N2CCC(c3nncn3C3CC3)CC2)c2ccccc2n1. The number of para-hydroxylation sites is 1. The molecule has 27 heavy (non-hydrogen) atoms. The van der Waals surface area contributed by atoms with Crippen molar-refractivity contribution in [3.63, 3.8) is 0 Å². The lowest BCUT2D eigenvalue weighted by Gasteiger charge is -2.34. The van der Waals surface area contributed by atoms with Crippen molar-refractivity contribution in [3.8, 4) is 0 Å². The fourth-order valence-electron chi connectivity index (χ4n) is 4.41. The van der Waals surface area contributed by atoms with Crippen LogP contribution in [0, 0.1) is 0 Å². The van der Waals surface area contributed by atoms with Gasteiger partial charge in [-0.05, 0) is 44.2 Å². The molecule has 0 unspecified atom stereocenters. The van der Waals surface area contributed by atoms with E-state index in [0.717, 1.165) is 44.3 Å². The van der Waals surface area contributed by atoms with Crippen LogP contribution in [-0.2, 0) is 6.42 Å². The molecular weight excluding hydrogens is 334 g/mol. The Kier molecular flexibility index (Phi) is 4.30. The van der Waals surface area contributed by atoms with E-state index in [1.807, 2.05) is 6.33 Å². The number of fused-ring (bicyclic) bond motifs is 1. The average Bonchev–Trinajstić information content (AvgIpc) is 3.44. The lowest BCUT2D eigenvalue weighted by atomic mass is 9.95. The van der Waals surface area contributed by atoms with Gasteiger partial charge in [-0.2, -0.15) is 0 Å². The number of pyridine rings is 1. The summed E-state index contributed by atoms with van der Waals surface area (Å²) in [6, 6.07) is 11.5. The fraction of sp³-hybridized carbons (Fsp3) is 0.500. The maximum Gasteiger partial charge on any atom is 0.136 e. The summed E-state index contributed by atoms with van der Waals surface area (Å²) >= 11 is 0. The zero-order valence-electron chi connectivity index (χ0n) is 16.0. The predicted molar refractivity (Wildman–Crippen MR) is 108 cm³/mol. The second-order valence-corrected chi connectivity index (χ2v) is 7.99. The lowest BCUT2D eigenvalue weighted by molar-refractivity contribution is 0.465. The summed E-state index contributed by atoms with van der Waals surface area (Å²) in [5.41, 5.74) is 3.68. The van der Waals surface area contributed by atoms with E-state index in [0.29, 0.717) is 12.0 Å². The Morgan fingerprint density at radius 3 is 2.67 bits per heavy atom. The van der Waals surface area contributed by atoms with Gasteiger partial charge in [0.2, 0.25) is 0 Å². The van der Waals surface area contributed by atoms with E-state index >= 15 is 0 Å². The average molecular weight is 361 g/mol. The molecule has 2 fully saturated rings. The first-order valence-electron chi connectivity index (χ1n) is 10.4. The highest BCUT2D eigenvalue weighted by Crippen LogP contribution is 2.39. The van der Waals surface area contributed by atoms with Gasteiger partial charge in [-0.3, -0.25) is 4.98 Å². The smallest absolute Gasteiger partial charge is 0.136 e. The molecule has 5 nitrogen and oxygen atoms in total. The van der Waals surface area contributed by atoms with Crippen LogP contribution in [-0.4, -0.2) is 32.8 Å². The maximum absolute atomic E-state index is 4.87. The van der Waals surface area contributed by atoms with Gasteiger partial charge in [0.25, 0.3) is 0 Å². The van der Waals surface area contributed by atoms with E-state index in [4.69, 9.17) is 4.98 Å². The van der Waals surface area contributed by atoms with Gasteiger partial charge < -0.3 is 9.47 Å². The first kappa shape index (κ1) is 16.7. The van der Waals surface area contributed by atoms with Crippen molar-refractivity contribution in [2.24, 2.45) is 0 Å². The second-order valence-electron chi connectivity index (χ2n) is 7.99. The molecule has 1 aromatic carbocycles. The van der Waals surface area contributed by atoms with Crippen LogP contribution in [0.15, 0.2) is 36.7 Å². The molecule has 1 aliphatic heterocycles. The highest BCUT2D eigenvalue weighted by Gasteiger charge is 2.31. The highest BCUT2D eigenvalue weighted by atomic mass is 15.3. The Balaban J connectivity index is 1.39. The van der Waals surface area contributed by atoms with Crippen molar-refractivity contribution in [2.45, 2.75) is 57.4 Å². The van der Waals surface area contributed by atoms with Crippen molar-refractivity contribution in [1.29, 1.82) is 0 Å². The number of piperidine rings is 1. The molecule has 3 heterocycles. The van der Waals surface area contributed by atoms with Crippen LogP contribution < -0.4 is 4.90 Å². The number of benzene rings is 1. The van der Waals surface area contributed by atoms with Crippen molar-refractivity contribution in [1.82, 2.24) is 19.7 Å². The van der Waals surface area contributed by atoms with E-state index in [2.05, 4.69) is 56.9 Å². The molecule has 5 rings (SSSR count). The third-order valence-electron chi connectivity index (χ3n) is 6.00. The molecule has 1 saturated heterocycles. The number of hydrogen-bond donors (Lipinski definition) is 0. The minimum atomic E-state index is 0.535. The number of aromatic nitrogens is 4. The molecule has 1 aliphatic carbocycles. The normalized spacial score (nSPS) is 18.3. The lowest BCUT2D eigenvalue weighted by Crippen LogP contribution is -2.34. The van der Waals surface area contributed by atoms with Gasteiger partial charge in [0, 0.05) is 41.8 Å². The first-order chi connectivity index (χ1) is 13.3. The first-order valence-corrected chi connectivity index (χ1v) is 10.4. The Labute approximate surface area is 160 Å². The van der Waals surface area contributed by atoms with E-state index in [1.54, 1.807) is 0 Å². The summed E-state index contributed by atoms with van der Waals surface area (Å²) < 4.78 is 2.33. The molecule has 0 spiro atoms. The van der Waals surface area contributed by atoms with Crippen molar-refractivity contribution >= 4 is 16.6 Å². The minimum absolute atomic E-state index is 0.535. The van der Waals surface area contributed by atoms with Crippen LogP contribution in [0.2, 0.25) is 0 Å². The van der Waals surface area contributed by atoms with Gasteiger partial charge in [-0.25, -0.2) is 0 Å². The molecule has 0 radical (unpaired) electrons. The van der Waals surface area contributed by atoms with Gasteiger partial charge in [0.05, 0.1) is 5.52 Å². The quantitative estimate of drug-likeness (QED) is 0.671. The van der Waals surface area contributed by atoms with Gasteiger partial charge >= 0.3 is 0 Å². The van der Waals surface area contributed by atoms with Crippen LogP contribution in [0.1, 0.15) is 62.5 Å². The van der Waals surface area contributed by atoms with Gasteiger partial charge in [0.15, 0.2) is 0 Å². The van der Waals surface area contributed by atoms with E-state index < -0.39 is 0 Å².